The number of fused-ring (bicyclic) bond motifs is 6. The fraction of sp³-hybridized carbons (Fsp3) is 0.405. The molecule has 1 unspecified atom stereocenters. The highest BCUT2D eigenvalue weighted by atomic mass is 31.0. The third kappa shape index (κ3) is 12.6. The molecule has 1 aromatic heterocycles. The van der Waals surface area contributed by atoms with E-state index in [9.17, 15) is 0 Å². The Labute approximate surface area is 484 Å². The van der Waals surface area contributed by atoms with Crippen LogP contribution in [-0.2, 0) is 37.9 Å². The van der Waals surface area contributed by atoms with E-state index in [1.54, 1.807) is 0 Å². The minimum Gasteiger partial charge on any atom is -0.354 e. The second kappa shape index (κ2) is 20.9. The van der Waals surface area contributed by atoms with Crippen LogP contribution in [0.1, 0.15) is 233 Å². The number of allylic oxidation sites excluding steroid dienone is 10. The van der Waals surface area contributed by atoms with Gasteiger partial charge >= 0.3 is 0 Å². The summed E-state index contributed by atoms with van der Waals surface area (Å²) in [6.45, 7) is 51.2. The van der Waals surface area contributed by atoms with E-state index in [4.69, 9.17) is 13.0 Å². The molecule has 4 aliphatic rings. The minimum atomic E-state index is -0.0832. The van der Waals surface area contributed by atoms with Crippen molar-refractivity contribution in [2.75, 3.05) is 0 Å². The van der Waals surface area contributed by atoms with Gasteiger partial charge in [0.25, 0.3) is 0 Å². The minimum absolute atomic E-state index is 0.0578. The average Bonchev–Trinajstić information content (AvgIpc) is 4.36. The van der Waals surface area contributed by atoms with Gasteiger partial charge in [0.1, 0.15) is 0 Å². The third-order valence-corrected chi connectivity index (χ3v) is 16.1. The van der Waals surface area contributed by atoms with Crippen molar-refractivity contribution >= 4 is 50.4 Å². The first-order chi connectivity index (χ1) is 37.4. The molecule has 8 bridgehead atoms. The summed E-state index contributed by atoms with van der Waals surface area (Å²) < 4.78 is 10.0. The third-order valence-electron chi connectivity index (χ3n) is 16.1. The highest BCUT2D eigenvalue weighted by Gasteiger charge is 2.32. The monoisotopic (exact) mass is 1070 g/mol. The fourth-order valence-corrected chi connectivity index (χ4v) is 11.0. The Hall–Kier alpha value is -5.83. The maximum absolute atomic E-state index is 5.88. The lowest BCUT2D eigenvalue weighted by molar-refractivity contribution is 0.567. The lowest BCUT2D eigenvalue weighted by Crippen LogP contribution is -2.17. The van der Waals surface area contributed by atoms with E-state index < -0.39 is 0 Å². The van der Waals surface area contributed by atoms with E-state index in [1.165, 1.54) is 77.9 Å². The molecule has 3 nitrogen and oxygen atoms in total. The second-order valence-electron chi connectivity index (χ2n) is 30.0. The number of benzene rings is 4. The lowest BCUT2D eigenvalue weighted by atomic mass is 9.77. The fourth-order valence-electron chi connectivity index (χ4n) is 11.0. The van der Waals surface area contributed by atoms with Crippen LogP contribution >= 0.6 is 9.12 Å². The molecule has 0 saturated carbocycles. The highest BCUT2D eigenvalue weighted by molar-refractivity contribution is 7.49. The van der Waals surface area contributed by atoms with Crippen molar-refractivity contribution in [2.24, 2.45) is 9.98 Å². The molecule has 1 atom stereocenters. The van der Waals surface area contributed by atoms with E-state index in [2.05, 4.69) is 286 Å². The van der Waals surface area contributed by atoms with Gasteiger partial charge in [0.05, 0.1) is 30.4 Å². The van der Waals surface area contributed by atoms with Crippen LogP contribution in [0.3, 0.4) is 0 Å². The Balaban J connectivity index is 0.00000231. The Morgan fingerprint density at radius 2 is 0.646 bits per heavy atom. The van der Waals surface area contributed by atoms with E-state index in [0.717, 1.165) is 62.9 Å². The van der Waals surface area contributed by atoms with Crippen LogP contribution in [-0.4, -0.2) is 24.0 Å². The molecule has 4 heterocycles. The summed E-state index contributed by atoms with van der Waals surface area (Å²) in [5.41, 5.74) is 27.5. The number of nitrogens with zero attached hydrogens (tertiary/aromatic N) is 2. The van der Waals surface area contributed by atoms with Crippen molar-refractivity contribution < 1.29 is 2.97 Å². The topological polar surface area (TPSA) is 40.5 Å². The average molecular weight is 1070 g/mol. The number of aromatic amines is 1. The first-order valence-electron chi connectivity index (χ1n) is 29.8. The van der Waals surface area contributed by atoms with Crippen LogP contribution < -0.4 is 0 Å². The summed E-state index contributed by atoms with van der Waals surface area (Å²) in [5, 5.41) is 0. The van der Waals surface area contributed by atoms with Gasteiger partial charge in [0.2, 0.25) is 0 Å². The first-order valence-corrected chi connectivity index (χ1v) is 29.4. The zero-order valence-electron chi connectivity index (χ0n) is 54.3. The summed E-state index contributed by atoms with van der Waals surface area (Å²) in [6.07, 6.45) is 14.6. The number of aliphatic imine (C=N–C) groups is 2. The number of aromatic nitrogens is 1. The summed E-state index contributed by atoms with van der Waals surface area (Å²) in [4.78, 5) is 15.8. The number of rotatable bonds is 4. The molecule has 3 aliphatic heterocycles. The molecule has 2 radical (unpaired) electrons. The molecule has 1 aliphatic carbocycles. The van der Waals surface area contributed by atoms with Crippen LogP contribution in [0.25, 0.3) is 22.3 Å². The van der Waals surface area contributed by atoms with Crippen LogP contribution in [0.2, 0.25) is 0 Å². The number of hydrogen-bond donors (Lipinski definition) is 1. The van der Waals surface area contributed by atoms with Crippen LogP contribution in [0.15, 0.2) is 154 Å². The van der Waals surface area contributed by atoms with Crippen molar-refractivity contribution in [2.45, 2.75) is 197 Å². The van der Waals surface area contributed by atoms with E-state index in [1.807, 2.05) is 9.12 Å². The summed E-state index contributed by atoms with van der Waals surface area (Å²) in [7, 11) is 6.33. The molecule has 1 N–H and O–H groups in total. The molecule has 4 aromatic carbocycles. The maximum atomic E-state index is 5.88. The number of hydrogen-bond acceptors (Lipinski definition) is 2. The van der Waals surface area contributed by atoms with Crippen LogP contribution in [0, 0.1) is 6.92 Å². The molecule has 5 aromatic rings. The van der Waals surface area contributed by atoms with Crippen LogP contribution in [0.5, 0.6) is 0 Å². The summed E-state index contributed by atoms with van der Waals surface area (Å²) >= 11 is 0. The van der Waals surface area contributed by atoms with E-state index in [0.29, 0.717) is 0 Å². The summed E-state index contributed by atoms with van der Waals surface area (Å²) in [5.74, 6) is 0. The molecule has 0 fully saturated rings. The molecule has 412 valence electrons. The van der Waals surface area contributed by atoms with Gasteiger partial charge in [0, 0.05) is 36.6 Å². The quantitative estimate of drug-likeness (QED) is 0.138. The smallest absolute Gasteiger partial charge is 0.0996 e. The Morgan fingerprint density at radius 1 is 0.380 bits per heavy atom. The predicted molar refractivity (Wildman–Crippen MR) is 353 cm³/mol. The normalized spacial score (nSPS) is 16.4. The van der Waals surface area contributed by atoms with Crippen molar-refractivity contribution in [1.29, 1.82) is 0 Å². The maximum Gasteiger partial charge on any atom is 0.0996 e. The van der Waals surface area contributed by atoms with Gasteiger partial charge in [-0.15, -0.1) is 0 Å². The number of H-pyrrole nitrogens is 1. The van der Waals surface area contributed by atoms with Crippen molar-refractivity contribution in [3.05, 3.63) is 222 Å². The molecule has 9 rings (SSSR count). The van der Waals surface area contributed by atoms with Crippen molar-refractivity contribution in [3.63, 3.8) is 0 Å². The van der Waals surface area contributed by atoms with E-state index >= 15 is 0 Å². The molecular formula is C74H93BN3P. The molecule has 0 spiro atoms. The van der Waals surface area contributed by atoms with Crippen LogP contribution in [0.4, 0.5) is 0 Å². The number of aryl methyl sites for hydroxylation is 1. The van der Waals surface area contributed by atoms with Gasteiger partial charge in [-0.3, -0.25) is 0 Å². The van der Waals surface area contributed by atoms with Gasteiger partial charge in [-0.05, 0) is 160 Å². The van der Waals surface area contributed by atoms with Gasteiger partial charge in [-0.2, -0.15) is 9.12 Å². The summed E-state index contributed by atoms with van der Waals surface area (Å²) in [6, 6.07) is 33.6. The Kier molecular flexibility index (Phi) is 15.3. The second-order valence-corrected chi connectivity index (χ2v) is 30.0. The van der Waals surface area contributed by atoms with E-state index in [-0.39, 0.29) is 37.9 Å². The number of nitrogens with one attached hydrogen (secondary N) is 1. The largest absolute Gasteiger partial charge is 0.354 e. The zero-order chi connectivity index (χ0) is 60.3. The zero-order valence-corrected chi connectivity index (χ0v) is 53.5. The van der Waals surface area contributed by atoms with Crippen molar-refractivity contribution in [3.8, 4) is 0 Å². The van der Waals surface area contributed by atoms with Crippen molar-refractivity contribution in [1.82, 2.24) is 4.98 Å². The Morgan fingerprint density at radius 3 is 0.937 bits per heavy atom. The predicted octanol–water partition coefficient (Wildman–Crippen LogP) is 20.0. The molecular weight excluding hydrogens is 973 g/mol. The van der Waals surface area contributed by atoms with Gasteiger partial charge in [0.15, 0.2) is 0 Å². The standard InChI is InChI=1S/C74H89N3.BH2P.H2/c1-44-31-47(34-51(32-44)68(2,3)4)66-60-27-25-58(75-60)64(48-35-52(69(5,6)7)41-53(36-48)70(8,9)10)45-23-24-46(33-45)65(49-37-54(71(11,12)13)42-55(38-49)72(14,15)16)59-26-28-62(76-59)67(63-30-29-61(66)77-63)50-39-56(73(17,18)19)43-57(40-50)74(20,21)22;1-2;/h23-32,34-43,77H,33H2,1-22H3;2H2;1H/i;;1+2D. The SMILES string of the molecule is Cc1cc(C2=C3C=CC(=N3)C(c3cc(C(C)(C)C)cc(C(C)(C)C)c3)=C3C=CC(=C(c4cc(C(C)(C)C)cc(C(C)(C)C)c4)C4=NC(=C(c5cc(C(C)(C)C)cc(C(C)(C)C)c5)c5ccc2[nH]5)C=C4)C3)cc(C(C)(C)C)c1.[2H][3H].[B]P. The first kappa shape index (κ1) is 57.8. The van der Waals surface area contributed by atoms with Gasteiger partial charge < -0.3 is 4.98 Å². The lowest BCUT2D eigenvalue weighted by Gasteiger charge is -2.27. The van der Waals surface area contributed by atoms with Gasteiger partial charge in [-0.1, -0.05) is 236 Å². The Bertz CT molecular complexity index is 3470. The molecule has 0 amide bonds. The molecule has 0 saturated heterocycles. The highest BCUT2D eigenvalue weighted by Crippen LogP contribution is 2.45. The van der Waals surface area contributed by atoms with Gasteiger partial charge in [-0.25, -0.2) is 9.98 Å². The molecule has 5 heteroatoms. The molecule has 79 heavy (non-hydrogen) atoms.